The molecular weight excluding hydrogens is 376 g/mol. The molecule has 1 spiro atoms. The zero-order valence-electron chi connectivity index (χ0n) is 17.6. The lowest BCUT2D eigenvalue weighted by Gasteiger charge is -2.33. The van der Waals surface area contributed by atoms with Gasteiger partial charge >= 0.3 is 0 Å². The standard InChI is InChI=1S/C24H30N4O2/c1-17-6-2-3-7-19(17)22(29)26-21-8-13-25-28(21)18-9-14-27(15-10-18)23(30)20-16-24(20)11-4-5-12-24/h2-3,6-8,13,18,20H,4-5,9-12,14-16H2,1H3,(H,26,29). The smallest absolute Gasteiger partial charge is 0.257 e. The molecule has 1 saturated heterocycles. The number of amides is 2. The van der Waals surface area contributed by atoms with Gasteiger partial charge in [-0.1, -0.05) is 31.0 Å². The Balaban J connectivity index is 1.20. The van der Waals surface area contributed by atoms with Gasteiger partial charge < -0.3 is 10.2 Å². The summed E-state index contributed by atoms with van der Waals surface area (Å²) in [6.45, 7) is 3.50. The number of carbonyl (C=O) groups excluding carboxylic acids is 2. The minimum Gasteiger partial charge on any atom is -0.342 e. The van der Waals surface area contributed by atoms with Crippen molar-refractivity contribution in [2.75, 3.05) is 18.4 Å². The molecule has 1 aromatic heterocycles. The van der Waals surface area contributed by atoms with Gasteiger partial charge in [-0.3, -0.25) is 9.59 Å². The van der Waals surface area contributed by atoms with Gasteiger partial charge in [0.1, 0.15) is 5.82 Å². The monoisotopic (exact) mass is 406 g/mol. The normalized spacial score (nSPS) is 23.0. The Morgan fingerprint density at radius 2 is 1.83 bits per heavy atom. The number of hydrogen-bond donors (Lipinski definition) is 1. The van der Waals surface area contributed by atoms with Crippen LogP contribution < -0.4 is 5.32 Å². The quantitative estimate of drug-likeness (QED) is 0.828. The van der Waals surface area contributed by atoms with Crippen LogP contribution in [0.15, 0.2) is 36.5 Å². The number of nitrogens with zero attached hydrogens (tertiary/aromatic N) is 3. The van der Waals surface area contributed by atoms with Crippen LogP contribution >= 0.6 is 0 Å². The van der Waals surface area contributed by atoms with Crippen molar-refractivity contribution in [3.05, 3.63) is 47.7 Å². The number of aryl methyl sites for hydroxylation is 1. The van der Waals surface area contributed by atoms with Crippen molar-refractivity contribution in [2.45, 2.75) is 57.9 Å². The Labute approximate surface area is 177 Å². The summed E-state index contributed by atoms with van der Waals surface area (Å²) in [6.07, 6.45) is 9.68. The molecule has 0 radical (unpaired) electrons. The van der Waals surface area contributed by atoms with Crippen LogP contribution in [0.5, 0.6) is 0 Å². The minimum absolute atomic E-state index is 0.113. The lowest BCUT2D eigenvalue weighted by atomic mass is 10.00. The molecule has 1 aliphatic heterocycles. The molecule has 6 nitrogen and oxygen atoms in total. The molecule has 2 heterocycles. The van der Waals surface area contributed by atoms with E-state index in [4.69, 9.17) is 0 Å². The molecule has 2 aliphatic carbocycles. The highest BCUT2D eigenvalue weighted by atomic mass is 16.2. The van der Waals surface area contributed by atoms with E-state index in [9.17, 15) is 9.59 Å². The number of carbonyl (C=O) groups is 2. The molecule has 2 aromatic rings. The summed E-state index contributed by atoms with van der Waals surface area (Å²) >= 11 is 0. The van der Waals surface area contributed by atoms with Crippen LogP contribution in [0.2, 0.25) is 0 Å². The number of rotatable bonds is 4. The molecule has 2 amide bonds. The second-order valence-corrected chi connectivity index (χ2v) is 9.31. The summed E-state index contributed by atoms with van der Waals surface area (Å²) in [6, 6.07) is 9.64. The maximum atomic E-state index is 13.0. The van der Waals surface area contributed by atoms with E-state index < -0.39 is 0 Å². The van der Waals surface area contributed by atoms with E-state index in [1.54, 1.807) is 6.20 Å². The van der Waals surface area contributed by atoms with Gasteiger partial charge in [0.2, 0.25) is 5.91 Å². The fraction of sp³-hybridized carbons (Fsp3) is 0.542. The van der Waals surface area contributed by atoms with E-state index in [-0.39, 0.29) is 17.9 Å². The summed E-state index contributed by atoms with van der Waals surface area (Å²) in [7, 11) is 0. The summed E-state index contributed by atoms with van der Waals surface area (Å²) in [5, 5.41) is 7.50. The van der Waals surface area contributed by atoms with Gasteiger partial charge in [0.05, 0.1) is 12.2 Å². The van der Waals surface area contributed by atoms with Crippen LogP contribution in [0.4, 0.5) is 5.82 Å². The van der Waals surface area contributed by atoms with Crippen molar-refractivity contribution >= 4 is 17.6 Å². The third-order valence-electron chi connectivity index (χ3n) is 7.51. The predicted molar refractivity (Wildman–Crippen MR) is 115 cm³/mol. The number of aromatic nitrogens is 2. The zero-order valence-corrected chi connectivity index (χ0v) is 17.6. The molecule has 6 heteroatoms. The van der Waals surface area contributed by atoms with Crippen LogP contribution in [0, 0.1) is 18.3 Å². The van der Waals surface area contributed by atoms with E-state index in [1.807, 2.05) is 41.9 Å². The topological polar surface area (TPSA) is 67.2 Å². The fourth-order valence-corrected chi connectivity index (χ4v) is 5.60. The Morgan fingerprint density at radius 3 is 2.57 bits per heavy atom. The van der Waals surface area contributed by atoms with Crippen molar-refractivity contribution in [3.8, 4) is 0 Å². The molecule has 0 bridgehead atoms. The maximum absolute atomic E-state index is 13.0. The Kier molecular flexibility index (Phi) is 4.88. The largest absolute Gasteiger partial charge is 0.342 e. The summed E-state index contributed by atoms with van der Waals surface area (Å²) < 4.78 is 1.92. The third-order valence-corrected chi connectivity index (χ3v) is 7.51. The van der Waals surface area contributed by atoms with E-state index in [1.165, 1.54) is 25.7 Å². The highest BCUT2D eigenvalue weighted by Crippen LogP contribution is 2.63. The van der Waals surface area contributed by atoms with Crippen molar-refractivity contribution in [3.63, 3.8) is 0 Å². The number of piperidine rings is 1. The van der Waals surface area contributed by atoms with E-state index in [2.05, 4.69) is 15.3 Å². The highest BCUT2D eigenvalue weighted by Gasteiger charge is 2.59. The van der Waals surface area contributed by atoms with Gasteiger partial charge in [-0.15, -0.1) is 0 Å². The molecular formula is C24H30N4O2. The van der Waals surface area contributed by atoms with Gasteiger partial charge in [-0.25, -0.2) is 4.68 Å². The first kappa shape index (κ1) is 19.3. The molecule has 1 unspecified atom stereocenters. The first-order chi connectivity index (χ1) is 14.6. The van der Waals surface area contributed by atoms with Crippen molar-refractivity contribution in [1.82, 2.24) is 14.7 Å². The molecule has 5 rings (SSSR count). The molecule has 1 atom stereocenters. The molecule has 1 aromatic carbocycles. The molecule has 3 fully saturated rings. The van der Waals surface area contributed by atoms with Gasteiger partial charge in [0.15, 0.2) is 0 Å². The van der Waals surface area contributed by atoms with E-state index in [0.717, 1.165) is 43.7 Å². The number of benzene rings is 1. The summed E-state index contributed by atoms with van der Waals surface area (Å²) in [4.78, 5) is 27.7. The SMILES string of the molecule is Cc1ccccc1C(=O)Nc1ccnn1C1CCN(C(=O)C2CC23CCCC3)CC1. The summed E-state index contributed by atoms with van der Waals surface area (Å²) in [5.41, 5.74) is 1.99. The van der Waals surface area contributed by atoms with Gasteiger partial charge in [0, 0.05) is 30.6 Å². The van der Waals surface area contributed by atoms with Crippen molar-refractivity contribution in [2.24, 2.45) is 11.3 Å². The van der Waals surface area contributed by atoms with Crippen LogP contribution in [0.25, 0.3) is 0 Å². The van der Waals surface area contributed by atoms with Crippen LogP contribution in [-0.2, 0) is 4.79 Å². The van der Waals surface area contributed by atoms with E-state index >= 15 is 0 Å². The molecule has 2 saturated carbocycles. The second-order valence-electron chi connectivity index (χ2n) is 9.31. The van der Waals surface area contributed by atoms with Gasteiger partial charge in [-0.05, 0) is 56.1 Å². The number of hydrogen-bond acceptors (Lipinski definition) is 3. The first-order valence-electron chi connectivity index (χ1n) is 11.3. The van der Waals surface area contributed by atoms with Crippen molar-refractivity contribution < 1.29 is 9.59 Å². The lowest BCUT2D eigenvalue weighted by molar-refractivity contribution is -0.134. The molecule has 3 aliphatic rings. The molecule has 1 N–H and O–H groups in total. The fourth-order valence-electron chi connectivity index (χ4n) is 5.60. The van der Waals surface area contributed by atoms with Crippen LogP contribution in [0.1, 0.15) is 66.9 Å². The summed E-state index contributed by atoms with van der Waals surface area (Å²) in [5.74, 6) is 1.27. The Hall–Kier alpha value is -2.63. The Bertz CT molecular complexity index is 952. The number of nitrogens with one attached hydrogen (secondary N) is 1. The highest BCUT2D eigenvalue weighted by molar-refractivity contribution is 6.04. The minimum atomic E-state index is -0.113. The average molecular weight is 407 g/mol. The third kappa shape index (κ3) is 3.42. The zero-order chi connectivity index (χ0) is 20.7. The lowest BCUT2D eigenvalue weighted by Crippen LogP contribution is -2.41. The molecule has 158 valence electrons. The second kappa shape index (κ2) is 7.56. The number of likely N-dealkylation sites (tertiary alicyclic amines) is 1. The maximum Gasteiger partial charge on any atom is 0.257 e. The van der Waals surface area contributed by atoms with Crippen LogP contribution in [-0.4, -0.2) is 39.6 Å². The van der Waals surface area contributed by atoms with E-state index in [0.29, 0.717) is 16.9 Å². The van der Waals surface area contributed by atoms with Crippen molar-refractivity contribution in [1.29, 1.82) is 0 Å². The van der Waals surface area contributed by atoms with Crippen LogP contribution in [0.3, 0.4) is 0 Å². The predicted octanol–water partition coefficient (Wildman–Crippen LogP) is 4.19. The van der Waals surface area contributed by atoms with Gasteiger partial charge in [-0.2, -0.15) is 5.10 Å². The Morgan fingerprint density at radius 1 is 1.10 bits per heavy atom. The molecule has 30 heavy (non-hydrogen) atoms. The number of anilines is 1. The van der Waals surface area contributed by atoms with Gasteiger partial charge in [0.25, 0.3) is 5.91 Å². The average Bonchev–Trinajstić information content (AvgIpc) is 3.06. The first-order valence-corrected chi connectivity index (χ1v) is 11.3.